The van der Waals surface area contributed by atoms with Crippen LogP contribution in [0.5, 0.6) is 0 Å². The van der Waals surface area contributed by atoms with Crippen LogP contribution in [-0.4, -0.2) is 29.2 Å². The molecule has 0 spiro atoms. The zero-order valence-corrected chi connectivity index (χ0v) is 16.1. The number of rotatable bonds is 7. The molecule has 7 heteroatoms. The van der Waals surface area contributed by atoms with Crippen LogP contribution < -0.4 is 10.6 Å². The Balaban J connectivity index is 1.52. The second kappa shape index (κ2) is 8.73. The number of nitrogens with zero attached hydrogens (tertiary/aromatic N) is 1. The van der Waals surface area contributed by atoms with Gasteiger partial charge in [0.1, 0.15) is 5.76 Å². The van der Waals surface area contributed by atoms with Crippen molar-refractivity contribution in [1.82, 2.24) is 4.90 Å². The lowest BCUT2D eigenvalue weighted by Gasteiger charge is -2.15. The molecule has 148 valence electrons. The predicted octanol–water partition coefficient (Wildman–Crippen LogP) is 3.25. The highest BCUT2D eigenvalue weighted by Crippen LogP contribution is 2.22. The Morgan fingerprint density at radius 1 is 1.14 bits per heavy atom. The summed E-state index contributed by atoms with van der Waals surface area (Å²) in [5.74, 6) is 0.317. The summed E-state index contributed by atoms with van der Waals surface area (Å²) in [5.41, 5.74) is 1.31. The summed E-state index contributed by atoms with van der Waals surface area (Å²) in [6.45, 7) is 4.72. The quantitative estimate of drug-likeness (QED) is 0.768. The van der Waals surface area contributed by atoms with Crippen LogP contribution in [0.25, 0.3) is 0 Å². The van der Waals surface area contributed by atoms with E-state index in [0.29, 0.717) is 42.6 Å². The van der Waals surface area contributed by atoms with Gasteiger partial charge in [0.2, 0.25) is 17.7 Å². The number of furan rings is 1. The van der Waals surface area contributed by atoms with Crippen molar-refractivity contribution in [1.29, 1.82) is 0 Å². The van der Waals surface area contributed by atoms with Crippen LogP contribution in [0, 0.1) is 11.8 Å². The molecule has 1 saturated heterocycles. The number of hydrogen-bond donors (Lipinski definition) is 2. The second-order valence-corrected chi connectivity index (χ2v) is 7.47. The minimum Gasteiger partial charge on any atom is -0.467 e. The topological polar surface area (TPSA) is 91.7 Å². The Bertz CT molecular complexity index is 828. The van der Waals surface area contributed by atoms with Gasteiger partial charge in [-0.15, -0.1) is 0 Å². The van der Waals surface area contributed by atoms with Crippen LogP contribution in [0.2, 0.25) is 0 Å². The largest absolute Gasteiger partial charge is 0.467 e. The lowest BCUT2D eigenvalue weighted by atomic mass is 10.1. The van der Waals surface area contributed by atoms with Gasteiger partial charge in [0.15, 0.2) is 0 Å². The molecule has 0 saturated carbocycles. The van der Waals surface area contributed by atoms with Crippen molar-refractivity contribution >= 4 is 29.1 Å². The SMILES string of the molecule is CC(C)CC(=O)Nc1ccc(NC(=O)C2CC(=O)N(Cc3ccco3)C2)cc1. The highest BCUT2D eigenvalue weighted by atomic mass is 16.3. The standard InChI is InChI=1S/C21H25N3O4/c1-14(2)10-19(25)22-16-5-7-17(8-6-16)23-21(27)15-11-20(26)24(12-15)13-18-4-3-9-28-18/h3-9,14-15H,10-13H2,1-2H3,(H,22,25)(H,23,27). The van der Waals surface area contributed by atoms with E-state index in [1.165, 1.54) is 0 Å². The molecule has 1 atom stereocenters. The fraction of sp³-hybridized carbons (Fsp3) is 0.381. The number of anilines is 2. The maximum absolute atomic E-state index is 12.5. The third kappa shape index (κ3) is 5.22. The van der Waals surface area contributed by atoms with E-state index < -0.39 is 5.92 Å². The predicted molar refractivity (Wildman–Crippen MR) is 105 cm³/mol. The number of hydrogen-bond acceptors (Lipinski definition) is 4. The Hall–Kier alpha value is -3.09. The minimum atomic E-state index is -0.395. The van der Waals surface area contributed by atoms with Gasteiger partial charge in [-0.05, 0) is 42.3 Å². The molecule has 1 aliphatic rings. The Labute approximate surface area is 164 Å². The first-order valence-corrected chi connectivity index (χ1v) is 9.41. The third-order valence-corrected chi connectivity index (χ3v) is 4.54. The van der Waals surface area contributed by atoms with Gasteiger partial charge < -0.3 is 20.0 Å². The Morgan fingerprint density at radius 3 is 2.43 bits per heavy atom. The van der Waals surface area contributed by atoms with E-state index in [1.807, 2.05) is 19.9 Å². The Morgan fingerprint density at radius 2 is 1.82 bits per heavy atom. The molecular formula is C21H25N3O4. The summed E-state index contributed by atoms with van der Waals surface area (Å²) in [6, 6.07) is 10.5. The van der Waals surface area contributed by atoms with E-state index in [4.69, 9.17) is 4.42 Å². The summed E-state index contributed by atoms with van der Waals surface area (Å²) < 4.78 is 5.27. The maximum atomic E-state index is 12.5. The number of nitrogens with one attached hydrogen (secondary N) is 2. The molecule has 2 N–H and O–H groups in total. The van der Waals surface area contributed by atoms with Gasteiger partial charge in [-0.25, -0.2) is 0 Å². The minimum absolute atomic E-state index is 0.0343. The van der Waals surface area contributed by atoms with Gasteiger partial charge in [-0.2, -0.15) is 0 Å². The lowest BCUT2D eigenvalue weighted by molar-refractivity contribution is -0.128. The van der Waals surface area contributed by atoms with Crippen LogP contribution in [0.4, 0.5) is 11.4 Å². The van der Waals surface area contributed by atoms with Gasteiger partial charge in [0.05, 0.1) is 18.7 Å². The lowest BCUT2D eigenvalue weighted by Crippen LogP contribution is -2.27. The summed E-state index contributed by atoms with van der Waals surface area (Å²) in [4.78, 5) is 38.1. The van der Waals surface area contributed by atoms with Crippen molar-refractivity contribution in [2.24, 2.45) is 11.8 Å². The zero-order valence-electron chi connectivity index (χ0n) is 16.1. The first-order chi connectivity index (χ1) is 13.4. The molecule has 1 aromatic heterocycles. The molecule has 2 aromatic rings. The first kappa shape index (κ1) is 19.7. The molecule has 7 nitrogen and oxygen atoms in total. The number of carbonyl (C=O) groups excluding carboxylic acids is 3. The molecule has 3 rings (SSSR count). The van der Waals surface area contributed by atoms with Gasteiger partial charge in [0.25, 0.3) is 0 Å². The van der Waals surface area contributed by atoms with Gasteiger partial charge in [-0.1, -0.05) is 13.8 Å². The highest BCUT2D eigenvalue weighted by molar-refractivity contribution is 5.97. The highest BCUT2D eigenvalue weighted by Gasteiger charge is 2.34. The van der Waals surface area contributed by atoms with Crippen LogP contribution in [0.3, 0.4) is 0 Å². The van der Waals surface area contributed by atoms with E-state index >= 15 is 0 Å². The molecule has 0 aliphatic carbocycles. The maximum Gasteiger partial charge on any atom is 0.229 e. The summed E-state index contributed by atoms with van der Waals surface area (Å²) >= 11 is 0. The van der Waals surface area contributed by atoms with Crippen LogP contribution >= 0.6 is 0 Å². The van der Waals surface area contributed by atoms with Crippen molar-refractivity contribution in [3.8, 4) is 0 Å². The smallest absolute Gasteiger partial charge is 0.229 e. The molecule has 1 aromatic carbocycles. The van der Waals surface area contributed by atoms with Gasteiger partial charge in [-0.3, -0.25) is 14.4 Å². The summed E-state index contributed by atoms with van der Waals surface area (Å²) in [6.07, 6.45) is 2.22. The molecule has 0 radical (unpaired) electrons. The first-order valence-electron chi connectivity index (χ1n) is 9.41. The van der Waals surface area contributed by atoms with Crippen molar-refractivity contribution in [2.45, 2.75) is 33.2 Å². The van der Waals surface area contributed by atoms with E-state index in [9.17, 15) is 14.4 Å². The van der Waals surface area contributed by atoms with E-state index in [-0.39, 0.29) is 24.1 Å². The average molecular weight is 383 g/mol. The summed E-state index contributed by atoms with van der Waals surface area (Å²) in [7, 11) is 0. The fourth-order valence-corrected chi connectivity index (χ4v) is 3.16. The van der Waals surface area contributed by atoms with Crippen molar-refractivity contribution in [3.63, 3.8) is 0 Å². The molecule has 1 aliphatic heterocycles. The molecule has 1 unspecified atom stereocenters. The Kier molecular flexibility index (Phi) is 6.13. The van der Waals surface area contributed by atoms with E-state index in [2.05, 4.69) is 10.6 Å². The average Bonchev–Trinajstić information content (AvgIpc) is 3.26. The molecule has 1 fully saturated rings. The number of benzene rings is 1. The normalized spacial score (nSPS) is 16.5. The third-order valence-electron chi connectivity index (χ3n) is 4.54. The molecule has 0 bridgehead atoms. The van der Waals surface area contributed by atoms with Crippen molar-refractivity contribution < 1.29 is 18.8 Å². The molecule has 2 heterocycles. The number of amides is 3. The van der Waals surface area contributed by atoms with Crippen molar-refractivity contribution in [2.75, 3.05) is 17.2 Å². The molecular weight excluding hydrogens is 358 g/mol. The fourth-order valence-electron chi connectivity index (χ4n) is 3.16. The zero-order chi connectivity index (χ0) is 20.1. The van der Waals surface area contributed by atoms with Gasteiger partial charge >= 0.3 is 0 Å². The number of likely N-dealkylation sites (tertiary alicyclic amines) is 1. The number of carbonyl (C=O) groups is 3. The summed E-state index contributed by atoms with van der Waals surface area (Å²) in [5, 5.41) is 5.67. The van der Waals surface area contributed by atoms with Crippen LogP contribution in [0.15, 0.2) is 47.1 Å². The van der Waals surface area contributed by atoms with Crippen LogP contribution in [-0.2, 0) is 20.9 Å². The van der Waals surface area contributed by atoms with Crippen LogP contribution in [0.1, 0.15) is 32.4 Å². The van der Waals surface area contributed by atoms with Gasteiger partial charge in [0, 0.05) is 30.8 Å². The molecule has 28 heavy (non-hydrogen) atoms. The van der Waals surface area contributed by atoms with E-state index in [1.54, 1.807) is 41.5 Å². The second-order valence-electron chi connectivity index (χ2n) is 7.47. The van der Waals surface area contributed by atoms with E-state index in [0.717, 1.165) is 0 Å². The van der Waals surface area contributed by atoms with Crippen molar-refractivity contribution in [3.05, 3.63) is 48.4 Å². The molecule has 3 amide bonds. The monoisotopic (exact) mass is 383 g/mol.